The van der Waals surface area contributed by atoms with Crippen molar-refractivity contribution in [3.8, 4) is 122 Å². The van der Waals surface area contributed by atoms with Crippen LogP contribution in [-0.2, 0) is 0 Å². The summed E-state index contributed by atoms with van der Waals surface area (Å²) in [6.45, 7) is 0. The van der Waals surface area contributed by atoms with E-state index in [1.54, 1.807) is 0 Å². The predicted octanol–water partition coefficient (Wildman–Crippen LogP) is 42.5. The Bertz CT molecular complexity index is 10300. The molecule has 0 N–H and O–H groups in total. The van der Waals surface area contributed by atoms with Gasteiger partial charge in [0.05, 0.1) is 0 Å². The van der Waals surface area contributed by atoms with Gasteiger partial charge in [-0.1, -0.05) is 495 Å². The molecule has 0 radical (unpaired) electrons. The minimum absolute atomic E-state index is 0.902. The van der Waals surface area contributed by atoms with Crippen LogP contribution in [0, 0.1) is 0 Å². The maximum absolute atomic E-state index is 6.79. The van der Waals surface area contributed by atoms with E-state index in [0.717, 1.165) is 88.1 Å². The van der Waals surface area contributed by atoms with Gasteiger partial charge in [-0.3, -0.25) is 0 Å². The van der Waals surface area contributed by atoms with Crippen molar-refractivity contribution in [3.63, 3.8) is 0 Å². The molecule has 3 heteroatoms. The molecule has 698 valence electrons. The van der Waals surface area contributed by atoms with Gasteiger partial charge in [0, 0.05) is 69.8 Å². The largest absolute Gasteiger partial charge is 0.455 e. The summed E-state index contributed by atoms with van der Waals surface area (Å²) in [6.07, 6.45) is 0. The number of benzene rings is 27. The van der Waals surface area contributed by atoms with Crippen LogP contribution in [0.5, 0.6) is 0 Å². The minimum Gasteiger partial charge on any atom is -0.455 e. The molecule has 0 spiro atoms. The van der Waals surface area contributed by atoms with Gasteiger partial charge in [0.15, 0.2) is 0 Å². The Labute approximate surface area is 863 Å². The third kappa shape index (κ3) is 15.1. The molecule has 0 saturated carbocycles. The van der Waals surface area contributed by atoms with Crippen molar-refractivity contribution in [2.75, 3.05) is 0 Å². The number of furan rings is 3. The first-order chi connectivity index (χ1) is 75.0. The Morgan fingerprint density at radius 1 is 0.115 bits per heavy atom. The average molecular weight is 1890 g/mol. The molecule has 27 aromatic carbocycles. The quantitative estimate of drug-likeness (QED) is 0.0957. The Morgan fingerprint density at radius 3 is 0.845 bits per heavy atom. The molecule has 0 aliphatic carbocycles. The second kappa shape index (κ2) is 37.7. The number of rotatable bonds is 11. The molecule has 3 aromatic heterocycles. The van der Waals surface area contributed by atoms with Crippen LogP contribution in [0.1, 0.15) is 26.3 Å². The fourth-order valence-electron chi connectivity index (χ4n) is 23.5. The van der Waals surface area contributed by atoms with Crippen LogP contribution >= 0.6 is 0 Å². The highest BCUT2D eigenvalue weighted by atomic mass is 16.3. The van der Waals surface area contributed by atoms with E-state index < -0.39 is 0 Å². The van der Waals surface area contributed by atoms with Gasteiger partial charge in [0.1, 0.15) is 33.5 Å². The molecule has 0 aliphatic rings. The molecular formula is C145H100O3. The van der Waals surface area contributed by atoms with Gasteiger partial charge < -0.3 is 13.3 Å². The Kier molecular flexibility index (Phi) is 22.1. The molecule has 0 unspecified atom stereocenters. The van der Waals surface area contributed by atoms with E-state index in [0.29, 0.717) is 0 Å². The maximum atomic E-state index is 6.79. The summed E-state index contributed by atoms with van der Waals surface area (Å²) in [5, 5.41) is 31.5. The molecular weight excluding hydrogens is 1790 g/mol. The summed E-state index contributed by atoms with van der Waals surface area (Å²) in [6, 6.07) is 193. The number of fused-ring (bicyclic) bond motifs is 20. The van der Waals surface area contributed by atoms with Crippen molar-refractivity contribution in [1.82, 2.24) is 0 Å². The van der Waals surface area contributed by atoms with Gasteiger partial charge in [-0.15, -0.1) is 0 Å². The third-order valence-electron chi connectivity index (χ3n) is 30.0. The molecule has 3 heterocycles. The van der Waals surface area contributed by atoms with Gasteiger partial charge in [0.25, 0.3) is 0 Å². The molecule has 0 saturated heterocycles. The number of para-hydroxylation sites is 3. The van der Waals surface area contributed by atoms with Gasteiger partial charge in [-0.05, 0) is 257 Å². The lowest BCUT2D eigenvalue weighted by Gasteiger charge is -2.20. The smallest absolute Gasteiger partial charge is 0.143 e. The summed E-state index contributed by atoms with van der Waals surface area (Å²) in [5.74, 6) is 0. The SMILES string of the molecule is [2H]C.[2H]C.[2H]C.c1ccc(-c2cc(-c3c4ccccc4c(-c4cc5ccccc5c5ccccc45)c4ccccc34)c3oc4ccccc4c3c2)cc1.c1ccc(-c2cc(-c3c4ccccc4c(-c4ccc(-c5ccccc5)c5ccccc45)c4ccccc34)c3oc4ccccc4c3c2)cc1.c1ccc(-c2ccc3c(oc4ccccc43)c2-c2c3ccccc3c(-c3ccc(-c4ccc5ccccc5c4)cc3)c3ccccc23)cc1. The van der Waals surface area contributed by atoms with E-state index in [4.69, 9.17) is 17.4 Å². The summed E-state index contributed by atoms with van der Waals surface area (Å²) >= 11 is 0. The van der Waals surface area contributed by atoms with E-state index in [1.165, 1.54) is 230 Å². The van der Waals surface area contributed by atoms with Gasteiger partial charge in [0.2, 0.25) is 0 Å². The van der Waals surface area contributed by atoms with Crippen molar-refractivity contribution in [3.05, 3.63) is 534 Å². The number of hydrogen-bond acceptors (Lipinski definition) is 3. The lowest BCUT2D eigenvalue weighted by Crippen LogP contribution is -1.93. The Morgan fingerprint density at radius 2 is 0.399 bits per heavy atom. The molecule has 3 nitrogen and oxygen atoms in total. The Balaban J connectivity index is 0.000000114. The topological polar surface area (TPSA) is 39.4 Å². The fraction of sp³-hybridized carbons (Fsp3) is 0.0207. The van der Waals surface area contributed by atoms with Crippen LogP contribution in [0.15, 0.2) is 547 Å². The van der Waals surface area contributed by atoms with Gasteiger partial charge in [-0.25, -0.2) is 0 Å². The van der Waals surface area contributed by atoms with Crippen molar-refractivity contribution >= 4 is 174 Å². The summed E-state index contributed by atoms with van der Waals surface area (Å²) in [4.78, 5) is 0. The fourth-order valence-corrected chi connectivity index (χ4v) is 23.5. The Hall–Kier alpha value is -19.1. The second-order valence-electron chi connectivity index (χ2n) is 38.0. The van der Waals surface area contributed by atoms with Crippen molar-refractivity contribution in [2.24, 2.45) is 0 Å². The van der Waals surface area contributed by atoms with Gasteiger partial charge in [-0.2, -0.15) is 0 Å². The second-order valence-corrected chi connectivity index (χ2v) is 38.0. The maximum Gasteiger partial charge on any atom is 0.143 e. The van der Waals surface area contributed by atoms with Crippen LogP contribution in [0.4, 0.5) is 0 Å². The first kappa shape index (κ1) is 86.8. The van der Waals surface area contributed by atoms with Crippen LogP contribution < -0.4 is 0 Å². The molecule has 0 bridgehead atoms. The zero-order valence-electron chi connectivity index (χ0n) is 85.0. The first-order valence-corrected chi connectivity index (χ1v) is 49.9. The highest BCUT2D eigenvalue weighted by Crippen LogP contribution is 2.56. The van der Waals surface area contributed by atoms with Gasteiger partial charge >= 0.3 is 0 Å². The van der Waals surface area contributed by atoms with Crippen molar-refractivity contribution in [1.29, 1.82) is 0 Å². The predicted molar refractivity (Wildman–Crippen MR) is 636 cm³/mol. The summed E-state index contributed by atoms with van der Waals surface area (Å²) in [5.41, 5.74) is 31.8. The van der Waals surface area contributed by atoms with Crippen LogP contribution in [-0.4, -0.2) is 0 Å². The average Bonchev–Trinajstić information content (AvgIpc) is 1.71. The highest BCUT2D eigenvalue weighted by molar-refractivity contribution is 6.32. The van der Waals surface area contributed by atoms with E-state index in [-0.39, 0.29) is 0 Å². The van der Waals surface area contributed by atoms with Crippen LogP contribution in [0.2, 0.25) is 0 Å². The zero-order chi connectivity index (χ0) is 102. The molecule has 0 amide bonds. The summed E-state index contributed by atoms with van der Waals surface area (Å²) < 4.78 is 37.5. The first-order valence-electron chi connectivity index (χ1n) is 52.9. The van der Waals surface area contributed by atoms with E-state index in [1.807, 2.05) is 6.07 Å². The van der Waals surface area contributed by atoms with E-state index in [9.17, 15) is 0 Å². The number of hydrogen-bond donors (Lipinski definition) is 0. The normalized spacial score (nSPS) is 11.6. The van der Waals surface area contributed by atoms with Crippen LogP contribution in [0.3, 0.4) is 0 Å². The van der Waals surface area contributed by atoms with Crippen LogP contribution in [0.25, 0.3) is 296 Å². The van der Waals surface area contributed by atoms with Crippen molar-refractivity contribution in [2.45, 2.75) is 22.2 Å². The lowest BCUT2D eigenvalue weighted by atomic mass is 9.83. The molecule has 0 fully saturated rings. The monoisotopic (exact) mass is 1890 g/mol. The minimum atomic E-state index is 0.902. The zero-order valence-corrected chi connectivity index (χ0v) is 82.0. The van der Waals surface area contributed by atoms with E-state index in [2.05, 4.69) is 528 Å². The molecule has 148 heavy (non-hydrogen) atoms. The third-order valence-corrected chi connectivity index (χ3v) is 30.0. The molecule has 30 aromatic rings. The molecule has 0 atom stereocenters. The standard InChI is InChI=1S/2C48H30O.C46H28O.3CH4/c1-3-15-31(16-4-1)33-29-43-37-21-13-14-26-45(37)49-48(43)44(30-33)47-40-24-11-9-22-38(40)46(39-23-10-12-25-41(39)47)42-28-27-34(32-17-5-2-6-18-32)35-19-7-8-20-36(35)42;1-2-13-33(14-3-1)37-28-29-43-38-16-10-11-21-44(38)49-48(43)47(37)46-41-19-8-6-17-39(41)45(40-18-7-9-20-42(40)46)34-25-22-32(23-26-34)36-27-24-31-12-4-5-15-35(31)30-36;1-2-14-29(15-3-1)31-27-41-35-20-12-13-25-43(35)47-46(41)42(28-31)45-38-23-10-8-21-36(38)44(37-22-9-11-24-39(37)45)40-26-30-16-4-5-17-32(30)33-18-6-7-19-34(33)40;;;/h2*1-30H;1-28H;3*1H4/i;;;3*1D. The molecule has 30 rings (SSSR count). The highest BCUT2D eigenvalue weighted by Gasteiger charge is 2.29. The van der Waals surface area contributed by atoms with E-state index >= 15 is 0 Å². The summed E-state index contributed by atoms with van der Waals surface area (Å²) in [7, 11) is 3.75. The lowest BCUT2D eigenvalue weighted by molar-refractivity contribution is 0.670. The van der Waals surface area contributed by atoms with Crippen molar-refractivity contribution < 1.29 is 17.4 Å². The molecule has 0 aliphatic heterocycles.